The molecule has 2 aromatic rings. The van der Waals surface area contributed by atoms with Crippen LogP contribution in [-0.4, -0.2) is 28.4 Å². The van der Waals surface area contributed by atoms with E-state index in [2.05, 4.69) is 11.9 Å². The molecule has 25 heavy (non-hydrogen) atoms. The smallest absolute Gasteiger partial charge is 0.265 e. The van der Waals surface area contributed by atoms with Gasteiger partial charge < -0.3 is 0 Å². The lowest BCUT2D eigenvalue weighted by Gasteiger charge is -2.27. The first-order chi connectivity index (χ1) is 12.1. The lowest BCUT2D eigenvalue weighted by Crippen LogP contribution is -2.53. The van der Waals surface area contributed by atoms with E-state index in [-0.39, 0.29) is 17.2 Å². The number of thiocarbonyl (C=S) groups is 1. The molecule has 1 saturated heterocycles. The van der Waals surface area contributed by atoms with Gasteiger partial charge in [0.05, 0.1) is 0 Å². The average Bonchev–Trinajstić information content (AvgIpc) is 2.63. The molecule has 1 aliphatic rings. The van der Waals surface area contributed by atoms with Crippen molar-refractivity contribution in [2.75, 3.05) is 6.54 Å². The van der Waals surface area contributed by atoms with Gasteiger partial charge >= 0.3 is 0 Å². The molecule has 1 heterocycles. The van der Waals surface area contributed by atoms with Crippen molar-refractivity contribution in [2.45, 2.75) is 0 Å². The highest BCUT2D eigenvalue weighted by molar-refractivity contribution is 7.80. The summed E-state index contributed by atoms with van der Waals surface area (Å²) >= 11 is 5.05. The molecule has 0 bridgehead atoms. The number of amides is 2. The van der Waals surface area contributed by atoms with E-state index >= 15 is 0 Å². The quantitative estimate of drug-likeness (QED) is 0.400. The van der Waals surface area contributed by atoms with Crippen LogP contribution in [0.15, 0.2) is 72.8 Å². The minimum absolute atomic E-state index is 0.0562. The summed E-state index contributed by atoms with van der Waals surface area (Å²) in [5.41, 5.74) is 2.90. The number of benzene rings is 2. The molecule has 124 valence electrons. The van der Waals surface area contributed by atoms with Gasteiger partial charge in [0.2, 0.25) is 0 Å². The van der Waals surface area contributed by atoms with Gasteiger partial charge in [-0.2, -0.15) is 0 Å². The molecule has 0 unspecified atom stereocenters. The van der Waals surface area contributed by atoms with E-state index in [1.54, 1.807) is 12.2 Å². The lowest BCUT2D eigenvalue weighted by molar-refractivity contribution is -0.128. The molecular weight excluding hydrogens is 332 g/mol. The number of nitrogens with zero attached hydrogens (tertiary/aromatic N) is 1. The highest BCUT2D eigenvalue weighted by atomic mass is 32.1. The largest absolute Gasteiger partial charge is 0.298 e. The maximum Gasteiger partial charge on any atom is 0.265 e. The van der Waals surface area contributed by atoms with Gasteiger partial charge in [-0.15, -0.1) is 6.58 Å². The maximum absolute atomic E-state index is 12.6. The normalized spacial score (nSPS) is 16.1. The third kappa shape index (κ3) is 3.56. The van der Waals surface area contributed by atoms with Crippen LogP contribution in [-0.2, 0) is 9.59 Å². The topological polar surface area (TPSA) is 49.4 Å². The van der Waals surface area contributed by atoms with Crippen molar-refractivity contribution < 1.29 is 9.59 Å². The minimum Gasteiger partial charge on any atom is -0.298 e. The van der Waals surface area contributed by atoms with Gasteiger partial charge in [0.1, 0.15) is 5.57 Å². The number of hydrogen-bond donors (Lipinski definition) is 1. The highest BCUT2D eigenvalue weighted by Gasteiger charge is 2.32. The first-order valence-electron chi connectivity index (χ1n) is 7.75. The zero-order valence-electron chi connectivity index (χ0n) is 13.4. The van der Waals surface area contributed by atoms with E-state index < -0.39 is 11.8 Å². The molecule has 0 spiro atoms. The summed E-state index contributed by atoms with van der Waals surface area (Å²) in [6.45, 7) is 3.86. The number of carbonyl (C=O) groups is 2. The van der Waals surface area contributed by atoms with Crippen LogP contribution in [0.2, 0.25) is 0 Å². The molecule has 5 heteroatoms. The molecule has 0 aliphatic carbocycles. The molecule has 3 rings (SSSR count). The van der Waals surface area contributed by atoms with Gasteiger partial charge in [0.25, 0.3) is 11.8 Å². The minimum atomic E-state index is -0.486. The van der Waals surface area contributed by atoms with Crippen LogP contribution in [0.5, 0.6) is 0 Å². The van der Waals surface area contributed by atoms with Crippen LogP contribution in [0.1, 0.15) is 5.56 Å². The summed E-state index contributed by atoms with van der Waals surface area (Å²) in [5.74, 6) is -0.904. The second kappa shape index (κ2) is 7.23. The lowest BCUT2D eigenvalue weighted by atomic mass is 10.0. The Morgan fingerprint density at radius 3 is 2.48 bits per heavy atom. The molecular formula is C20H16N2O2S. The van der Waals surface area contributed by atoms with Crippen LogP contribution in [0.4, 0.5) is 0 Å². The first kappa shape index (κ1) is 16.8. The Morgan fingerprint density at radius 1 is 1.04 bits per heavy atom. The Morgan fingerprint density at radius 2 is 1.76 bits per heavy atom. The summed E-state index contributed by atoms with van der Waals surface area (Å²) in [7, 11) is 0. The highest BCUT2D eigenvalue weighted by Crippen LogP contribution is 2.22. The maximum atomic E-state index is 12.6. The van der Waals surface area contributed by atoms with Gasteiger partial charge in [-0.1, -0.05) is 54.6 Å². The van der Waals surface area contributed by atoms with Crippen molar-refractivity contribution in [3.05, 3.63) is 78.4 Å². The molecule has 2 amide bonds. The van der Waals surface area contributed by atoms with E-state index in [1.165, 1.54) is 4.90 Å². The number of hydrogen-bond acceptors (Lipinski definition) is 3. The molecule has 1 aliphatic heterocycles. The number of nitrogens with one attached hydrogen (secondary N) is 1. The molecule has 0 radical (unpaired) electrons. The van der Waals surface area contributed by atoms with Gasteiger partial charge in [-0.3, -0.25) is 19.8 Å². The van der Waals surface area contributed by atoms with E-state index in [9.17, 15) is 9.59 Å². The summed E-state index contributed by atoms with van der Waals surface area (Å²) in [6, 6.07) is 17.6. The Kier molecular flexibility index (Phi) is 4.86. The van der Waals surface area contributed by atoms with E-state index in [4.69, 9.17) is 12.2 Å². The molecule has 0 atom stereocenters. The summed E-state index contributed by atoms with van der Waals surface area (Å²) in [4.78, 5) is 26.1. The second-order valence-corrected chi connectivity index (χ2v) is 5.90. The van der Waals surface area contributed by atoms with Crippen LogP contribution in [0.25, 0.3) is 17.2 Å². The van der Waals surface area contributed by atoms with E-state index in [0.717, 1.165) is 16.7 Å². The van der Waals surface area contributed by atoms with Crippen molar-refractivity contribution in [1.29, 1.82) is 0 Å². The monoisotopic (exact) mass is 348 g/mol. The van der Waals surface area contributed by atoms with Gasteiger partial charge in [-0.25, -0.2) is 0 Å². The van der Waals surface area contributed by atoms with Gasteiger partial charge in [0.15, 0.2) is 5.11 Å². The molecule has 0 aromatic heterocycles. The van der Waals surface area contributed by atoms with Crippen LogP contribution >= 0.6 is 12.2 Å². The zero-order valence-corrected chi connectivity index (χ0v) is 14.3. The van der Waals surface area contributed by atoms with Crippen LogP contribution in [0.3, 0.4) is 0 Å². The SMILES string of the molecule is C=CCN1C(=O)C(=Cc2cccc(-c3ccccc3)c2)C(=O)NC1=S. The second-order valence-electron chi connectivity index (χ2n) is 5.51. The third-order valence-corrected chi connectivity index (χ3v) is 4.12. The van der Waals surface area contributed by atoms with Crippen LogP contribution < -0.4 is 5.32 Å². The van der Waals surface area contributed by atoms with E-state index in [1.807, 2.05) is 54.6 Å². The fraction of sp³-hybridized carbons (Fsp3) is 0.0500. The standard InChI is InChI=1S/C20H16N2O2S/c1-2-11-22-19(24)17(18(23)21-20(22)25)13-14-7-6-10-16(12-14)15-8-4-3-5-9-15/h2-10,12-13H,1,11H2,(H,21,23,25). The summed E-state index contributed by atoms with van der Waals surface area (Å²) in [5, 5.41) is 2.64. The Balaban J connectivity index is 1.96. The fourth-order valence-corrected chi connectivity index (χ4v) is 2.84. The Labute approximate surface area is 151 Å². The molecule has 0 saturated carbocycles. The molecule has 1 N–H and O–H groups in total. The number of rotatable bonds is 4. The molecule has 1 fully saturated rings. The molecule has 4 nitrogen and oxygen atoms in total. The third-order valence-electron chi connectivity index (χ3n) is 3.80. The zero-order chi connectivity index (χ0) is 17.8. The van der Waals surface area contributed by atoms with Gasteiger partial charge in [0, 0.05) is 6.54 Å². The van der Waals surface area contributed by atoms with Crippen molar-refractivity contribution in [2.24, 2.45) is 0 Å². The predicted molar refractivity (Wildman–Crippen MR) is 103 cm³/mol. The predicted octanol–water partition coefficient (Wildman–Crippen LogP) is 3.17. The first-order valence-corrected chi connectivity index (χ1v) is 8.16. The van der Waals surface area contributed by atoms with Crippen molar-refractivity contribution in [3.8, 4) is 11.1 Å². The van der Waals surface area contributed by atoms with Crippen molar-refractivity contribution >= 4 is 35.2 Å². The summed E-state index contributed by atoms with van der Waals surface area (Å²) < 4.78 is 0. The molecule has 2 aromatic carbocycles. The Bertz CT molecular complexity index is 888. The Hall–Kier alpha value is -3.05. The van der Waals surface area contributed by atoms with E-state index in [0.29, 0.717) is 0 Å². The van der Waals surface area contributed by atoms with Crippen molar-refractivity contribution in [1.82, 2.24) is 10.2 Å². The fourth-order valence-electron chi connectivity index (χ4n) is 2.59. The van der Waals surface area contributed by atoms with Crippen molar-refractivity contribution in [3.63, 3.8) is 0 Å². The summed E-state index contributed by atoms with van der Waals surface area (Å²) in [6.07, 6.45) is 3.15. The van der Waals surface area contributed by atoms with Gasteiger partial charge in [-0.05, 0) is 41.1 Å². The van der Waals surface area contributed by atoms with Crippen LogP contribution in [0, 0.1) is 0 Å². The average molecular weight is 348 g/mol. The number of carbonyl (C=O) groups excluding carboxylic acids is 2.